The number of amides is 1. The third kappa shape index (κ3) is 3.60. The minimum atomic E-state index is -0.402. The van der Waals surface area contributed by atoms with Crippen molar-refractivity contribution in [2.24, 2.45) is 0 Å². The Kier molecular flexibility index (Phi) is 5.34. The summed E-state index contributed by atoms with van der Waals surface area (Å²) in [6.45, 7) is 3.84. The highest BCUT2D eigenvalue weighted by atomic mass is 16.5. The Labute approximate surface area is 157 Å². The zero-order chi connectivity index (χ0) is 19.6. The first-order valence-corrected chi connectivity index (χ1v) is 8.73. The molecule has 0 radical (unpaired) electrons. The van der Waals surface area contributed by atoms with Crippen molar-refractivity contribution in [1.82, 2.24) is 9.78 Å². The molecule has 0 spiro atoms. The van der Waals surface area contributed by atoms with Gasteiger partial charge in [-0.15, -0.1) is 0 Å². The molecule has 8 heteroatoms. The average Bonchev–Trinajstić information content (AvgIpc) is 2.95. The number of carbonyl (C=O) groups excluding carboxylic acids is 2. The number of nitrogens with one attached hydrogen (secondary N) is 1. The highest BCUT2D eigenvalue weighted by Crippen LogP contribution is 2.43. The van der Waals surface area contributed by atoms with Crippen molar-refractivity contribution in [3.05, 3.63) is 35.0 Å². The molecule has 0 bridgehead atoms. The molecular formula is C19H23N3O5. The van der Waals surface area contributed by atoms with Crippen LogP contribution < -0.4 is 14.8 Å². The number of nitrogens with zero attached hydrogens (tertiary/aromatic N) is 2. The Morgan fingerprint density at radius 2 is 2.11 bits per heavy atom. The average molecular weight is 373 g/mol. The van der Waals surface area contributed by atoms with Crippen molar-refractivity contribution < 1.29 is 23.8 Å². The number of aryl methyl sites for hydroxylation is 1. The number of fused-ring (bicyclic) bond motifs is 1. The molecule has 1 aromatic carbocycles. The van der Waals surface area contributed by atoms with Crippen molar-refractivity contribution in [1.29, 1.82) is 0 Å². The Bertz CT molecular complexity index is 874. The molecule has 8 nitrogen and oxygen atoms in total. The lowest BCUT2D eigenvalue weighted by atomic mass is 9.85. The van der Waals surface area contributed by atoms with E-state index in [2.05, 4.69) is 10.4 Å². The van der Waals surface area contributed by atoms with Crippen LogP contribution in [0, 0.1) is 6.92 Å². The van der Waals surface area contributed by atoms with E-state index in [0.717, 1.165) is 16.8 Å². The molecule has 1 aliphatic rings. The summed E-state index contributed by atoms with van der Waals surface area (Å²) in [5.74, 6) is 1.06. The largest absolute Gasteiger partial charge is 0.497 e. The molecule has 1 amide bonds. The molecule has 1 aliphatic heterocycles. The predicted octanol–water partition coefficient (Wildman–Crippen LogP) is 2.25. The van der Waals surface area contributed by atoms with E-state index in [1.54, 1.807) is 27.2 Å². The molecule has 0 saturated carbocycles. The number of aromatic nitrogens is 2. The van der Waals surface area contributed by atoms with Crippen molar-refractivity contribution in [3.8, 4) is 11.5 Å². The highest BCUT2D eigenvalue weighted by molar-refractivity contribution is 5.95. The molecule has 2 aromatic rings. The van der Waals surface area contributed by atoms with E-state index in [0.29, 0.717) is 23.9 Å². The molecule has 3 rings (SSSR count). The second-order valence-electron chi connectivity index (χ2n) is 6.22. The Balaban J connectivity index is 2.05. The smallest absolute Gasteiger partial charge is 0.327 e. The molecule has 144 valence electrons. The summed E-state index contributed by atoms with van der Waals surface area (Å²) in [6, 6.07) is 5.52. The zero-order valence-corrected chi connectivity index (χ0v) is 15.9. The number of esters is 1. The van der Waals surface area contributed by atoms with E-state index in [9.17, 15) is 9.59 Å². The molecule has 2 heterocycles. The standard InChI is InChI=1S/C19H23N3O5/c1-5-27-17(24)10-22-19-18(11(2)21-22)14(9-16(23)20-19)13-7-6-12(25-3)8-15(13)26-4/h6-8,14H,5,9-10H2,1-4H3,(H,20,23)/t14-/m1/s1. The zero-order valence-electron chi connectivity index (χ0n) is 15.9. The number of benzene rings is 1. The Morgan fingerprint density at radius 3 is 2.78 bits per heavy atom. The van der Waals surface area contributed by atoms with E-state index >= 15 is 0 Å². The van der Waals surface area contributed by atoms with Crippen LogP contribution in [0.4, 0.5) is 5.82 Å². The van der Waals surface area contributed by atoms with Gasteiger partial charge in [0.1, 0.15) is 23.9 Å². The maximum absolute atomic E-state index is 12.4. The summed E-state index contributed by atoms with van der Waals surface area (Å²) in [5, 5.41) is 7.29. The summed E-state index contributed by atoms with van der Waals surface area (Å²) in [4.78, 5) is 24.3. The number of anilines is 1. The first-order valence-electron chi connectivity index (χ1n) is 8.73. The number of hydrogen-bond donors (Lipinski definition) is 1. The van der Waals surface area contributed by atoms with Crippen molar-refractivity contribution in [2.45, 2.75) is 32.7 Å². The molecule has 0 aliphatic carbocycles. The first-order chi connectivity index (χ1) is 13.0. The number of hydrogen-bond acceptors (Lipinski definition) is 6. The predicted molar refractivity (Wildman–Crippen MR) is 98.2 cm³/mol. The Morgan fingerprint density at radius 1 is 1.33 bits per heavy atom. The van der Waals surface area contributed by atoms with Gasteiger partial charge in [0.2, 0.25) is 5.91 Å². The van der Waals surface area contributed by atoms with E-state index in [1.165, 1.54) is 4.68 Å². The SMILES string of the molecule is CCOC(=O)Cn1nc(C)c2c1NC(=O)C[C@@H]2c1ccc(OC)cc1OC. The third-order valence-electron chi connectivity index (χ3n) is 4.57. The van der Waals surface area contributed by atoms with Crippen molar-refractivity contribution in [3.63, 3.8) is 0 Å². The van der Waals surface area contributed by atoms with E-state index in [1.807, 2.05) is 19.1 Å². The van der Waals surface area contributed by atoms with Crippen molar-refractivity contribution in [2.75, 3.05) is 26.1 Å². The van der Waals surface area contributed by atoms with Gasteiger partial charge >= 0.3 is 5.97 Å². The van der Waals surface area contributed by atoms with Gasteiger partial charge in [0.05, 0.1) is 26.5 Å². The number of ether oxygens (including phenoxy) is 3. The van der Waals surface area contributed by atoms with Gasteiger partial charge in [-0.25, -0.2) is 4.68 Å². The monoisotopic (exact) mass is 373 g/mol. The van der Waals surface area contributed by atoms with E-state index < -0.39 is 5.97 Å². The fraction of sp³-hybridized carbons (Fsp3) is 0.421. The summed E-state index contributed by atoms with van der Waals surface area (Å²) in [7, 11) is 3.17. The van der Waals surface area contributed by atoms with Crippen LogP contribution in [-0.2, 0) is 20.9 Å². The second-order valence-corrected chi connectivity index (χ2v) is 6.22. The molecule has 0 unspecified atom stereocenters. The van der Waals surface area contributed by atoms with Crippen LogP contribution in [0.25, 0.3) is 0 Å². The van der Waals surface area contributed by atoms with Gasteiger partial charge in [0.25, 0.3) is 0 Å². The first kappa shape index (κ1) is 18.8. The van der Waals surface area contributed by atoms with Crippen LogP contribution in [0.3, 0.4) is 0 Å². The molecule has 0 saturated heterocycles. The molecule has 1 atom stereocenters. The van der Waals surface area contributed by atoms with Gasteiger partial charge in [-0.3, -0.25) is 9.59 Å². The van der Waals surface area contributed by atoms with E-state index in [-0.39, 0.29) is 24.8 Å². The van der Waals surface area contributed by atoms with Gasteiger partial charge in [-0.05, 0) is 19.9 Å². The summed E-state index contributed by atoms with van der Waals surface area (Å²) in [6.07, 6.45) is 0.266. The maximum Gasteiger partial charge on any atom is 0.327 e. The lowest BCUT2D eigenvalue weighted by Crippen LogP contribution is -2.26. The van der Waals surface area contributed by atoms with Crippen LogP contribution in [0.15, 0.2) is 18.2 Å². The minimum Gasteiger partial charge on any atom is -0.497 e. The highest BCUT2D eigenvalue weighted by Gasteiger charge is 2.34. The normalized spacial score (nSPS) is 15.7. The van der Waals surface area contributed by atoms with Gasteiger partial charge in [0.15, 0.2) is 0 Å². The van der Waals surface area contributed by atoms with Gasteiger partial charge in [-0.2, -0.15) is 5.10 Å². The number of carbonyl (C=O) groups is 2. The van der Waals surface area contributed by atoms with Gasteiger partial charge < -0.3 is 19.5 Å². The molecule has 1 N–H and O–H groups in total. The Hall–Kier alpha value is -3.03. The summed E-state index contributed by atoms with van der Waals surface area (Å²) >= 11 is 0. The van der Waals surface area contributed by atoms with Crippen LogP contribution >= 0.6 is 0 Å². The van der Waals surface area contributed by atoms with Crippen LogP contribution in [0.1, 0.15) is 36.1 Å². The van der Waals surface area contributed by atoms with E-state index in [4.69, 9.17) is 14.2 Å². The van der Waals surface area contributed by atoms with Gasteiger partial charge in [0, 0.05) is 29.5 Å². The summed E-state index contributed by atoms with van der Waals surface area (Å²) < 4.78 is 17.3. The topological polar surface area (TPSA) is 91.7 Å². The third-order valence-corrected chi connectivity index (χ3v) is 4.57. The van der Waals surface area contributed by atoms with Crippen LogP contribution in [-0.4, -0.2) is 42.5 Å². The van der Waals surface area contributed by atoms with Crippen LogP contribution in [0.5, 0.6) is 11.5 Å². The fourth-order valence-corrected chi connectivity index (χ4v) is 3.43. The molecule has 27 heavy (non-hydrogen) atoms. The molecule has 0 fully saturated rings. The molecular weight excluding hydrogens is 350 g/mol. The summed E-state index contributed by atoms with van der Waals surface area (Å²) in [5.41, 5.74) is 2.49. The fourth-order valence-electron chi connectivity index (χ4n) is 3.43. The van der Waals surface area contributed by atoms with Crippen LogP contribution in [0.2, 0.25) is 0 Å². The van der Waals surface area contributed by atoms with Crippen molar-refractivity contribution >= 4 is 17.7 Å². The lowest BCUT2D eigenvalue weighted by Gasteiger charge is -2.25. The minimum absolute atomic E-state index is 0.0588. The second kappa shape index (κ2) is 7.69. The number of methoxy groups -OCH3 is 2. The maximum atomic E-state index is 12.4. The molecule has 1 aromatic heterocycles. The lowest BCUT2D eigenvalue weighted by molar-refractivity contribution is -0.144. The van der Waals surface area contributed by atoms with Gasteiger partial charge in [-0.1, -0.05) is 6.07 Å². The number of rotatable bonds is 6. The quantitative estimate of drug-likeness (QED) is 0.781.